The lowest BCUT2D eigenvalue weighted by Crippen LogP contribution is -2.40. The van der Waals surface area contributed by atoms with E-state index in [1.54, 1.807) is 55.4 Å². The molecule has 1 aliphatic heterocycles. The number of methoxy groups -OCH3 is 1. The van der Waals surface area contributed by atoms with Crippen LogP contribution < -0.4 is 10.1 Å². The molecule has 3 aromatic rings. The van der Waals surface area contributed by atoms with Gasteiger partial charge < -0.3 is 10.1 Å². The molecule has 1 aliphatic rings. The summed E-state index contributed by atoms with van der Waals surface area (Å²) in [4.78, 5) is 25.3. The number of hydrazone groups is 1. The minimum atomic E-state index is -1.20. The van der Waals surface area contributed by atoms with Crippen molar-refractivity contribution in [2.24, 2.45) is 5.10 Å². The van der Waals surface area contributed by atoms with Crippen LogP contribution in [0.1, 0.15) is 23.6 Å². The first-order valence-electron chi connectivity index (χ1n) is 9.41. The maximum Gasteiger partial charge on any atom is 0.346 e. The summed E-state index contributed by atoms with van der Waals surface area (Å²) in [6, 6.07) is 16.3. The molecule has 8 nitrogen and oxygen atoms in total. The molecule has 1 saturated heterocycles. The zero-order valence-corrected chi connectivity index (χ0v) is 16.6. The van der Waals surface area contributed by atoms with Gasteiger partial charge in [-0.25, -0.2) is 4.79 Å². The van der Waals surface area contributed by atoms with Crippen molar-refractivity contribution in [3.8, 4) is 5.75 Å². The molecule has 4 rings (SSSR count). The molecule has 3 amide bonds. The number of nitrogens with zero attached hydrogens (tertiary/aromatic N) is 4. The van der Waals surface area contributed by atoms with E-state index in [1.165, 1.54) is 6.21 Å². The van der Waals surface area contributed by atoms with Crippen LogP contribution in [0.25, 0.3) is 0 Å². The van der Waals surface area contributed by atoms with Crippen LogP contribution >= 0.6 is 0 Å². The summed E-state index contributed by atoms with van der Waals surface area (Å²) in [6.45, 7) is 2.27. The van der Waals surface area contributed by atoms with E-state index < -0.39 is 17.5 Å². The number of hydrogen-bond donors (Lipinski definition) is 1. The molecule has 1 aromatic heterocycles. The lowest BCUT2D eigenvalue weighted by molar-refractivity contribution is -0.131. The number of urea groups is 1. The summed E-state index contributed by atoms with van der Waals surface area (Å²) < 4.78 is 6.91. The van der Waals surface area contributed by atoms with Crippen molar-refractivity contribution in [2.45, 2.75) is 19.0 Å². The maximum atomic E-state index is 12.9. The Bertz CT molecular complexity index is 1090. The van der Waals surface area contributed by atoms with Gasteiger partial charge in [-0.1, -0.05) is 42.5 Å². The molecule has 2 aromatic carbocycles. The van der Waals surface area contributed by atoms with Crippen LogP contribution in [0.4, 0.5) is 4.79 Å². The zero-order chi connectivity index (χ0) is 21.1. The lowest BCUT2D eigenvalue weighted by atomic mass is 9.92. The Hall–Kier alpha value is -3.94. The summed E-state index contributed by atoms with van der Waals surface area (Å²) in [6.07, 6.45) is 4.89. The molecular formula is C22H21N5O3. The molecule has 2 heterocycles. The van der Waals surface area contributed by atoms with Crippen LogP contribution in [-0.4, -0.2) is 40.1 Å². The van der Waals surface area contributed by atoms with Gasteiger partial charge >= 0.3 is 6.03 Å². The highest BCUT2D eigenvalue weighted by atomic mass is 16.5. The fourth-order valence-electron chi connectivity index (χ4n) is 3.28. The Labute approximate surface area is 173 Å². The Kier molecular flexibility index (Phi) is 5.05. The largest absolute Gasteiger partial charge is 0.497 e. The summed E-state index contributed by atoms with van der Waals surface area (Å²) in [5, 5.41) is 12.0. The van der Waals surface area contributed by atoms with Crippen molar-refractivity contribution >= 4 is 18.2 Å². The van der Waals surface area contributed by atoms with E-state index in [9.17, 15) is 9.59 Å². The monoisotopic (exact) mass is 403 g/mol. The average molecular weight is 403 g/mol. The van der Waals surface area contributed by atoms with Crippen LogP contribution in [0.5, 0.6) is 5.75 Å². The number of hydrogen-bond acceptors (Lipinski definition) is 5. The minimum Gasteiger partial charge on any atom is -0.497 e. The van der Waals surface area contributed by atoms with Crippen molar-refractivity contribution in [1.82, 2.24) is 20.1 Å². The predicted molar refractivity (Wildman–Crippen MR) is 111 cm³/mol. The number of ether oxygens (including phenoxy) is 1. The normalized spacial score (nSPS) is 18.8. The molecule has 0 aliphatic carbocycles. The number of aromatic nitrogens is 2. The van der Waals surface area contributed by atoms with Crippen molar-refractivity contribution in [3.05, 3.63) is 83.7 Å². The standard InChI is InChI=1S/C22H21N5O3/c1-22(18-8-10-19(30-2)11-9-18)20(28)27(21(29)25-22)24-13-17-12-23-26(15-17)14-16-6-4-3-5-7-16/h3-13,15H,14H2,1-2H3,(H,25,29)/b24-13-/t22-/m0/s1. The number of amides is 3. The van der Waals surface area contributed by atoms with Gasteiger partial charge in [0.05, 0.1) is 26.1 Å². The highest BCUT2D eigenvalue weighted by Crippen LogP contribution is 2.30. The molecule has 152 valence electrons. The second-order valence-electron chi connectivity index (χ2n) is 7.10. The topological polar surface area (TPSA) is 88.8 Å². The van der Waals surface area contributed by atoms with E-state index in [0.29, 0.717) is 23.4 Å². The van der Waals surface area contributed by atoms with Crippen LogP contribution in [0.2, 0.25) is 0 Å². The molecule has 0 saturated carbocycles. The third kappa shape index (κ3) is 3.67. The molecule has 1 atom stereocenters. The van der Waals surface area contributed by atoms with Gasteiger partial charge in [-0.05, 0) is 30.2 Å². The number of rotatable bonds is 6. The average Bonchev–Trinajstić information content (AvgIpc) is 3.29. The van der Waals surface area contributed by atoms with Crippen LogP contribution in [0.3, 0.4) is 0 Å². The number of nitrogens with one attached hydrogen (secondary N) is 1. The molecular weight excluding hydrogens is 382 g/mol. The minimum absolute atomic E-state index is 0.453. The van der Waals surface area contributed by atoms with Gasteiger partial charge in [-0.3, -0.25) is 9.48 Å². The van der Waals surface area contributed by atoms with Crippen molar-refractivity contribution in [1.29, 1.82) is 0 Å². The van der Waals surface area contributed by atoms with Crippen molar-refractivity contribution in [2.75, 3.05) is 7.11 Å². The fraction of sp³-hybridized carbons (Fsp3) is 0.182. The Morgan fingerprint density at radius 2 is 1.87 bits per heavy atom. The van der Waals surface area contributed by atoms with Gasteiger partial charge in [-0.2, -0.15) is 10.2 Å². The van der Waals surface area contributed by atoms with E-state index in [1.807, 2.05) is 30.3 Å². The molecule has 1 N–H and O–H groups in total. The van der Waals surface area contributed by atoms with E-state index in [4.69, 9.17) is 4.74 Å². The van der Waals surface area contributed by atoms with E-state index in [-0.39, 0.29) is 0 Å². The summed E-state index contributed by atoms with van der Waals surface area (Å²) in [5.41, 5.74) is 1.26. The number of carbonyl (C=O) groups excluding carboxylic acids is 2. The zero-order valence-electron chi connectivity index (χ0n) is 16.6. The maximum absolute atomic E-state index is 12.9. The molecule has 0 bridgehead atoms. The van der Waals surface area contributed by atoms with Crippen molar-refractivity contribution in [3.63, 3.8) is 0 Å². The highest BCUT2D eigenvalue weighted by Gasteiger charge is 2.49. The van der Waals surface area contributed by atoms with E-state index >= 15 is 0 Å². The van der Waals surface area contributed by atoms with Gasteiger partial charge in [-0.15, -0.1) is 5.01 Å². The summed E-state index contributed by atoms with van der Waals surface area (Å²) >= 11 is 0. The van der Waals surface area contributed by atoms with Crippen LogP contribution in [-0.2, 0) is 16.9 Å². The quantitative estimate of drug-likeness (QED) is 0.506. The summed E-state index contributed by atoms with van der Waals surface area (Å²) in [5.74, 6) is 0.215. The van der Waals surface area contributed by atoms with Gasteiger partial charge in [0.1, 0.15) is 11.3 Å². The molecule has 0 radical (unpaired) electrons. The SMILES string of the molecule is COc1ccc([C@]2(C)NC(=O)N(/N=C\c3cnn(Cc4ccccc4)c3)C2=O)cc1. The summed E-state index contributed by atoms with van der Waals surface area (Å²) in [7, 11) is 1.57. The Morgan fingerprint density at radius 3 is 2.57 bits per heavy atom. The third-order valence-electron chi connectivity index (χ3n) is 5.00. The second kappa shape index (κ2) is 7.82. The van der Waals surface area contributed by atoms with Crippen LogP contribution in [0, 0.1) is 0 Å². The van der Waals surface area contributed by atoms with Crippen LogP contribution in [0.15, 0.2) is 72.1 Å². The molecule has 1 fully saturated rings. The number of benzene rings is 2. The second-order valence-corrected chi connectivity index (χ2v) is 7.10. The van der Waals surface area contributed by atoms with Crippen molar-refractivity contribution < 1.29 is 14.3 Å². The smallest absolute Gasteiger partial charge is 0.346 e. The Balaban J connectivity index is 1.48. The van der Waals surface area contributed by atoms with Gasteiger partial charge in [0.2, 0.25) is 0 Å². The van der Waals surface area contributed by atoms with Gasteiger partial charge in [0.25, 0.3) is 5.91 Å². The predicted octanol–water partition coefficient (Wildman–Crippen LogP) is 2.74. The first kappa shape index (κ1) is 19.4. The molecule has 30 heavy (non-hydrogen) atoms. The van der Waals surface area contributed by atoms with Gasteiger partial charge in [0.15, 0.2) is 0 Å². The molecule has 0 spiro atoms. The fourth-order valence-corrected chi connectivity index (χ4v) is 3.28. The third-order valence-corrected chi connectivity index (χ3v) is 5.00. The van der Waals surface area contributed by atoms with E-state index in [0.717, 1.165) is 10.6 Å². The first-order valence-corrected chi connectivity index (χ1v) is 9.41. The Morgan fingerprint density at radius 1 is 1.13 bits per heavy atom. The number of imide groups is 1. The van der Waals surface area contributed by atoms with Gasteiger partial charge in [0, 0.05) is 11.8 Å². The molecule has 8 heteroatoms. The number of carbonyl (C=O) groups is 2. The molecule has 0 unspecified atom stereocenters. The lowest BCUT2D eigenvalue weighted by Gasteiger charge is -2.21. The van der Waals surface area contributed by atoms with E-state index in [2.05, 4.69) is 15.5 Å². The first-order chi connectivity index (χ1) is 14.5. The highest BCUT2D eigenvalue weighted by molar-refractivity contribution is 6.07.